The van der Waals surface area contributed by atoms with Crippen molar-refractivity contribution in [3.05, 3.63) is 56.3 Å². The Labute approximate surface area is 199 Å². The van der Waals surface area contributed by atoms with Gasteiger partial charge in [-0.05, 0) is 83.9 Å². The standard InChI is InChI=1S/C29H40O2S/c1-7-9-10-11-12-21-19-24-25(29(5,6)18-17-28(24,3)4)20-22(21)13-14-23-15-16-26(32-23)27(30)31-8-2/h13-16,19-20H,7-12,17-18H2,1-6H3/b14-13+. The van der Waals surface area contributed by atoms with E-state index in [0.717, 1.165) is 11.3 Å². The molecule has 2 nitrogen and oxygen atoms in total. The lowest BCUT2D eigenvalue weighted by molar-refractivity contribution is 0.0532. The Balaban J connectivity index is 1.95. The average Bonchev–Trinajstić information content (AvgIpc) is 3.22. The van der Waals surface area contributed by atoms with Crippen molar-refractivity contribution in [1.82, 2.24) is 0 Å². The highest BCUT2D eigenvalue weighted by molar-refractivity contribution is 7.14. The molecule has 0 saturated carbocycles. The zero-order valence-corrected chi connectivity index (χ0v) is 21.7. The van der Waals surface area contributed by atoms with Crippen molar-refractivity contribution in [3.8, 4) is 0 Å². The second-order valence-electron chi connectivity index (χ2n) is 10.4. The van der Waals surface area contributed by atoms with E-state index in [0.29, 0.717) is 11.5 Å². The molecule has 0 N–H and O–H groups in total. The molecule has 1 heterocycles. The normalized spacial score (nSPS) is 16.8. The van der Waals surface area contributed by atoms with Crippen LogP contribution in [0.4, 0.5) is 0 Å². The first-order valence-electron chi connectivity index (χ1n) is 12.3. The summed E-state index contributed by atoms with van der Waals surface area (Å²) in [6.07, 6.45) is 13.1. The molecule has 0 aliphatic heterocycles. The minimum Gasteiger partial charge on any atom is -0.462 e. The number of hydrogen-bond donors (Lipinski definition) is 0. The van der Waals surface area contributed by atoms with Crippen LogP contribution >= 0.6 is 11.3 Å². The number of esters is 1. The van der Waals surface area contributed by atoms with Gasteiger partial charge in [0.15, 0.2) is 0 Å². The summed E-state index contributed by atoms with van der Waals surface area (Å²) in [5.41, 5.74) is 6.27. The molecule has 0 fully saturated rings. The highest BCUT2D eigenvalue weighted by Crippen LogP contribution is 2.47. The predicted molar refractivity (Wildman–Crippen MR) is 139 cm³/mol. The molecule has 0 atom stereocenters. The zero-order valence-electron chi connectivity index (χ0n) is 20.8. The second-order valence-corrected chi connectivity index (χ2v) is 11.5. The lowest BCUT2D eigenvalue weighted by atomic mass is 9.62. The van der Waals surface area contributed by atoms with E-state index in [4.69, 9.17) is 4.74 Å². The summed E-state index contributed by atoms with van der Waals surface area (Å²) >= 11 is 1.50. The Bertz CT molecular complexity index is 962. The van der Waals surface area contributed by atoms with E-state index >= 15 is 0 Å². The smallest absolute Gasteiger partial charge is 0.348 e. The van der Waals surface area contributed by atoms with Gasteiger partial charge in [-0.3, -0.25) is 0 Å². The lowest BCUT2D eigenvalue weighted by Crippen LogP contribution is -2.34. The molecule has 1 aliphatic carbocycles. The van der Waals surface area contributed by atoms with Gasteiger partial charge in [-0.15, -0.1) is 11.3 Å². The number of benzene rings is 1. The highest BCUT2D eigenvalue weighted by Gasteiger charge is 2.37. The summed E-state index contributed by atoms with van der Waals surface area (Å²) in [4.78, 5) is 13.8. The second kappa shape index (κ2) is 10.4. The molecule has 1 aromatic carbocycles. The zero-order chi connectivity index (χ0) is 23.4. The van der Waals surface area contributed by atoms with Crippen LogP contribution in [0.1, 0.15) is 117 Å². The number of aryl methyl sites for hydroxylation is 1. The molecule has 1 aliphatic rings. The fraction of sp³-hybridized carbons (Fsp3) is 0.552. The maximum absolute atomic E-state index is 12.0. The van der Waals surface area contributed by atoms with Crippen molar-refractivity contribution in [2.45, 2.75) is 97.3 Å². The van der Waals surface area contributed by atoms with Crippen LogP contribution in [0.15, 0.2) is 24.3 Å². The fourth-order valence-electron chi connectivity index (χ4n) is 4.72. The first-order chi connectivity index (χ1) is 15.2. The van der Waals surface area contributed by atoms with Crippen LogP contribution in [0.25, 0.3) is 12.2 Å². The molecule has 32 heavy (non-hydrogen) atoms. The van der Waals surface area contributed by atoms with Gasteiger partial charge in [0.05, 0.1) is 6.61 Å². The molecule has 3 rings (SSSR count). The van der Waals surface area contributed by atoms with Crippen LogP contribution in [-0.4, -0.2) is 12.6 Å². The molecule has 3 heteroatoms. The largest absolute Gasteiger partial charge is 0.462 e. The Morgan fingerprint density at radius 1 is 0.969 bits per heavy atom. The molecule has 2 aromatic rings. The van der Waals surface area contributed by atoms with Crippen LogP contribution in [0.5, 0.6) is 0 Å². The van der Waals surface area contributed by atoms with Crippen molar-refractivity contribution in [2.24, 2.45) is 0 Å². The summed E-state index contributed by atoms with van der Waals surface area (Å²) < 4.78 is 5.14. The van der Waals surface area contributed by atoms with Gasteiger partial charge in [-0.25, -0.2) is 4.79 Å². The van der Waals surface area contributed by atoms with Gasteiger partial charge in [0.1, 0.15) is 4.88 Å². The monoisotopic (exact) mass is 452 g/mol. The molecular weight excluding hydrogens is 412 g/mol. The fourth-order valence-corrected chi connectivity index (χ4v) is 5.52. The molecule has 0 bridgehead atoms. The first kappa shape index (κ1) is 24.8. The quantitative estimate of drug-likeness (QED) is 0.281. The van der Waals surface area contributed by atoms with Crippen molar-refractivity contribution in [2.75, 3.05) is 6.61 Å². The number of unbranched alkanes of at least 4 members (excludes halogenated alkanes) is 3. The molecule has 0 spiro atoms. The van der Waals surface area contributed by atoms with E-state index in [1.807, 2.05) is 19.1 Å². The molecule has 1 aromatic heterocycles. The maximum atomic E-state index is 12.0. The minimum atomic E-state index is -0.230. The van der Waals surface area contributed by atoms with Gasteiger partial charge < -0.3 is 4.74 Å². The number of thiophene rings is 1. The summed E-state index contributed by atoms with van der Waals surface area (Å²) in [6, 6.07) is 8.86. The Kier molecular flexibility index (Phi) is 8.03. The molecule has 0 amide bonds. The van der Waals surface area contributed by atoms with E-state index in [9.17, 15) is 4.79 Å². The van der Waals surface area contributed by atoms with Crippen molar-refractivity contribution < 1.29 is 9.53 Å². The Morgan fingerprint density at radius 3 is 2.31 bits per heavy atom. The van der Waals surface area contributed by atoms with Gasteiger partial charge >= 0.3 is 5.97 Å². The molecule has 174 valence electrons. The molecule has 0 unspecified atom stereocenters. The lowest BCUT2D eigenvalue weighted by Gasteiger charge is -2.42. The maximum Gasteiger partial charge on any atom is 0.348 e. The summed E-state index contributed by atoms with van der Waals surface area (Å²) in [5.74, 6) is -0.230. The predicted octanol–water partition coefficient (Wildman–Crippen LogP) is 8.57. The average molecular weight is 453 g/mol. The number of rotatable bonds is 9. The van der Waals surface area contributed by atoms with Crippen molar-refractivity contribution in [1.29, 1.82) is 0 Å². The summed E-state index contributed by atoms with van der Waals surface area (Å²) in [7, 11) is 0. The van der Waals surface area contributed by atoms with Crippen LogP contribution < -0.4 is 0 Å². The van der Waals surface area contributed by atoms with E-state index in [2.05, 4.69) is 58.9 Å². The third-order valence-electron chi connectivity index (χ3n) is 6.94. The van der Waals surface area contributed by atoms with E-state index in [1.54, 1.807) is 0 Å². The topological polar surface area (TPSA) is 26.3 Å². The van der Waals surface area contributed by atoms with Crippen LogP contribution in [0, 0.1) is 0 Å². The van der Waals surface area contributed by atoms with E-state index in [-0.39, 0.29) is 16.8 Å². The van der Waals surface area contributed by atoms with E-state index < -0.39 is 0 Å². The number of carbonyl (C=O) groups is 1. The SMILES string of the molecule is CCCCCCc1cc2c(cc1/C=C/c1ccc(C(=O)OCC)s1)C(C)(C)CCC2(C)C. The van der Waals surface area contributed by atoms with Gasteiger partial charge in [0.25, 0.3) is 0 Å². The summed E-state index contributed by atoms with van der Waals surface area (Å²) in [6.45, 7) is 14.1. The number of fused-ring (bicyclic) bond motifs is 1. The molecule has 0 saturated heterocycles. The van der Waals surface area contributed by atoms with Crippen molar-refractivity contribution in [3.63, 3.8) is 0 Å². The number of carbonyl (C=O) groups excluding carboxylic acids is 1. The van der Waals surface area contributed by atoms with Crippen LogP contribution in [0.2, 0.25) is 0 Å². The Hall–Kier alpha value is -1.87. The molecular formula is C29H40O2S. The third kappa shape index (κ3) is 5.73. The Morgan fingerprint density at radius 2 is 1.66 bits per heavy atom. The van der Waals surface area contributed by atoms with E-state index in [1.165, 1.54) is 72.1 Å². The minimum absolute atomic E-state index is 0.203. The van der Waals surface area contributed by atoms with Gasteiger partial charge in [-0.2, -0.15) is 0 Å². The summed E-state index contributed by atoms with van der Waals surface area (Å²) in [5, 5.41) is 0. The third-order valence-corrected chi connectivity index (χ3v) is 7.97. The van der Waals surface area contributed by atoms with Crippen LogP contribution in [-0.2, 0) is 22.0 Å². The van der Waals surface area contributed by atoms with Crippen molar-refractivity contribution >= 4 is 29.5 Å². The number of hydrogen-bond acceptors (Lipinski definition) is 3. The van der Waals surface area contributed by atoms with Gasteiger partial charge in [0, 0.05) is 4.88 Å². The highest BCUT2D eigenvalue weighted by atomic mass is 32.1. The molecule has 0 radical (unpaired) electrons. The van der Waals surface area contributed by atoms with Gasteiger partial charge in [0.2, 0.25) is 0 Å². The first-order valence-corrected chi connectivity index (χ1v) is 13.1. The van der Waals surface area contributed by atoms with Crippen LogP contribution in [0.3, 0.4) is 0 Å². The van der Waals surface area contributed by atoms with Gasteiger partial charge in [-0.1, -0.05) is 72.1 Å². The number of ether oxygens (including phenoxy) is 1.